The van der Waals surface area contributed by atoms with Crippen LogP contribution in [-0.2, 0) is 6.54 Å². The lowest BCUT2D eigenvalue weighted by Gasteiger charge is -2.11. The quantitative estimate of drug-likeness (QED) is 0.747. The largest absolute Gasteiger partial charge is 0.497 e. The lowest BCUT2D eigenvalue weighted by Crippen LogP contribution is -2.17. The summed E-state index contributed by atoms with van der Waals surface area (Å²) in [5.74, 6) is 1.85. The molecule has 1 aromatic heterocycles. The summed E-state index contributed by atoms with van der Waals surface area (Å²) in [6.07, 6.45) is 0. The van der Waals surface area contributed by atoms with Crippen LogP contribution in [0.5, 0.6) is 5.75 Å². The molecule has 3 heteroatoms. The first-order valence-electron chi connectivity index (χ1n) is 7.53. The van der Waals surface area contributed by atoms with Crippen LogP contribution in [0.3, 0.4) is 0 Å². The topological polar surface area (TPSA) is 34.4 Å². The van der Waals surface area contributed by atoms with Gasteiger partial charge in [0.2, 0.25) is 0 Å². The van der Waals surface area contributed by atoms with Gasteiger partial charge in [0.05, 0.1) is 13.2 Å². The Morgan fingerprint density at radius 1 is 1.14 bits per heavy atom. The summed E-state index contributed by atoms with van der Waals surface area (Å²) in [6.45, 7) is 5.02. The highest BCUT2D eigenvalue weighted by atomic mass is 16.5. The number of ether oxygens (including phenoxy) is 1. The predicted octanol–water partition coefficient (Wildman–Crippen LogP) is 4.60. The van der Waals surface area contributed by atoms with Crippen LogP contribution in [0.1, 0.15) is 29.9 Å². The molecule has 3 nitrogen and oxygen atoms in total. The van der Waals surface area contributed by atoms with Crippen LogP contribution in [0.2, 0.25) is 0 Å². The average Bonchev–Trinajstić information content (AvgIpc) is 2.99. The van der Waals surface area contributed by atoms with Crippen molar-refractivity contribution in [2.24, 2.45) is 0 Å². The Labute approximate surface area is 130 Å². The molecule has 0 bridgehead atoms. The maximum absolute atomic E-state index is 5.95. The van der Waals surface area contributed by atoms with Crippen molar-refractivity contribution in [2.45, 2.75) is 26.4 Å². The fourth-order valence-corrected chi connectivity index (χ4v) is 2.55. The second-order valence-electron chi connectivity index (χ2n) is 5.59. The second-order valence-corrected chi connectivity index (χ2v) is 5.59. The van der Waals surface area contributed by atoms with E-state index >= 15 is 0 Å². The minimum atomic E-state index is 0.161. The maximum Gasteiger partial charge on any atom is 0.134 e. The third-order valence-corrected chi connectivity index (χ3v) is 4.00. The summed E-state index contributed by atoms with van der Waals surface area (Å²) in [5.41, 5.74) is 3.42. The van der Waals surface area contributed by atoms with E-state index in [-0.39, 0.29) is 6.04 Å². The van der Waals surface area contributed by atoms with Crippen LogP contribution < -0.4 is 10.1 Å². The van der Waals surface area contributed by atoms with Gasteiger partial charge in [-0.05, 0) is 49.2 Å². The summed E-state index contributed by atoms with van der Waals surface area (Å²) < 4.78 is 11.1. The lowest BCUT2D eigenvalue weighted by molar-refractivity contribution is 0.414. The van der Waals surface area contributed by atoms with Crippen LogP contribution in [0.15, 0.2) is 52.9 Å². The van der Waals surface area contributed by atoms with Gasteiger partial charge in [-0.25, -0.2) is 0 Å². The zero-order chi connectivity index (χ0) is 15.5. The molecule has 1 heterocycles. The van der Waals surface area contributed by atoms with Gasteiger partial charge in [-0.15, -0.1) is 0 Å². The molecule has 0 radical (unpaired) electrons. The lowest BCUT2D eigenvalue weighted by atomic mass is 10.1. The molecule has 0 aliphatic heterocycles. The molecule has 0 fully saturated rings. The highest BCUT2D eigenvalue weighted by Gasteiger charge is 2.12. The standard InChI is InChI=1S/C19H21NO2/c1-13-5-4-6-18-17(13)11-19(22-18)14(2)20-12-15-7-9-16(21-3)10-8-15/h4-11,14,20H,12H2,1-3H3/t14-/m1/s1. The van der Waals surface area contributed by atoms with Crippen molar-refractivity contribution in [3.63, 3.8) is 0 Å². The van der Waals surface area contributed by atoms with Gasteiger partial charge in [0.1, 0.15) is 17.1 Å². The van der Waals surface area contributed by atoms with Gasteiger partial charge in [-0.1, -0.05) is 24.3 Å². The zero-order valence-corrected chi connectivity index (χ0v) is 13.2. The summed E-state index contributed by atoms with van der Waals surface area (Å²) in [5, 5.41) is 4.69. The van der Waals surface area contributed by atoms with E-state index < -0.39 is 0 Å². The SMILES string of the molecule is COc1ccc(CN[C@H](C)c2cc3c(C)cccc3o2)cc1. The highest BCUT2D eigenvalue weighted by Crippen LogP contribution is 2.26. The van der Waals surface area contributed by atoms with Crippen LogP contribution in [-0.4, -0.2) is 7.11 Å². The number of benzene rings is 2. The molecule has 3 rings (SSSR count). The molecule has 22 heavy (non-hydrogen) atoms. The Morgan fingerprint density at radius 2 is 1.91 bits per heavy atom. The molecule has 0 amide bonds. The highest BCUT2D eigenvalue weighted by molar-refractivity contribution is 5.81. The third-order valence-electron chi connectivity index (χ3n) is 4.00. The fourth-order valence-electron chi connectivity index (χ4n) is 2.55. The predicted molar refractivity (Wildman–Crippen MR) is 89.2 cm³/mol. The van der Waals surface area contributed by atoms with E-state index in [1.807, 2.05) is 24.3 Å². The normalized spacial score (nSPS) is 12.5. The van der Waals surface area contributed by atoms with Gasteiger partial charge in [0.15, 0.2) is 0 Å². The Balaban J connectivity index is 1.69. The number of furan rings is 1. The molecular formula is C19H21NO2. The van der Waals surface area contributed by atoms with E-state index in [2.05, 4.69) is 43.4 Å². The number of hydrogen-bond acceptors (Lipinski definition) is 3. The summed E-state index contributed by atoms with van der Waals surface area (Å²) in [7, 11) is 1.68. The molecule has 0 spiro atoms. The minimum absolute atomic E-state index is 0.161. The number of aryl methyl sites for hydroxylation is 1. The summed E-state index contributed by atoms with van der Waals surface area (Å²) in [4.78, 5) is 0. The smallest absolute Gasteiger partial charge is 0.134 e. The molecule has 0 aliphatic rings. The molecule has 1 N–H and O–H groups in total. The van der Waals surface area contributed by atoms with Crippen LogP contribution in [0.4, 0.5) is 0 Å². The van der Waals surface area contributed by atoms with Gasteiger partial charge in [0.25, 0.3) is 0 Å². The number of fused-ring (bicyclic) bond motifs is 1. The van der Waals surface area contributed by atoms with Crippen molar-refractivity contribution in [3.8, 4) is 5.75 Å². The summed E-state index contributed by atoms with van der Waals surface area (Å²) in [6, 6.07) is 16.5. The molecule has 114 valence electrons. The number of nitrogens with one attached hydrogen (secondary N) is 1. The first kappa shape index (κ1) is 14.7. The molecule has 2 aromatic carbocycles. The number of rotatable bonds is 5. The van der Waals surface area contributed by atoms with E-state index in [9.17, 15) is 0 Å². The van der Waals surface area contributed by atoms with E-state index in [0.717, 1.165) is 23.6 Å². The number of hydrogen-bond donors (Lipinski definition) is 1. The molecule has 1 atom stereocenters. The minimum Gasteiger partial charge on any atom is -0.497 e. The molecular weight excluding hydrogens is 274 g/mol. The fraction of sp³-hybridized carbons (Fsp3) is 0.263. The van der Waals surface area contributed by atoms with Crippen LogP contribution >= 0.6 is 0 Å². The van der Waals surface area contributed by atoms with Crippen molar-refractivity contribution in [2.75, 3.05) is 7.11 Å². The van der Waals surface area contributed by atoms with Gasteiger partial charge >= 0.3 is 0 Å². The van der Waals surface area contributed by atoms with E-state index in [1.54, 1.807) is 7.11 Å². The Bertz CT molecular complexity index is 759. The van der Waals surface area contributed by atoms with Crippen molar-refractivity contribution < 1.29 is 9.15 Å². The van der Waals surface area contributed by atoms with Crippen molar-refractivity contribution in [1.29, 1.82) is 0 Å². The maximum atomic E-state index is 5.95. The number of methoxy groups -OCH3 is 1. The van der Waals surface area contributed by atoms with Crippen molar-refractivity contribution in [1.82, 2.24) is 5.32 Å². The van der Waals surface area contributed by atoms with Crippen molar-refractivity contribution >= 4 is 11.0 Å². The van der Waals surface area contributed by atoms with E-state index in [4.69, 9.17) is 9.15 Å². The van der Waals surface area contributed by atoms with Crippen LogP contribution in [0, 0.1) is 6.92 Å². The van der Waals surface area contributed by atoms with Crippen molar-refractivity contribution in [3.05, 3.63) is 65.4 Å². The second kappa shape index (κ2) is 6.24. The average molecular weight is 295 g/mol. The van der Waals surface area contributed by atoms with Crippen LogP contribution in [0.25, 0.3) is 11.0 Å². The van der Waals surface area contributed by atoms with Gasteiger partial charge < -0.3 is 14.5 Å². The third kappa shape index (κ3) is 3.00. The molecule has 0 saturated heterocycles. The van der Waals surface area contributed by atoms with E-state index in [1.165, 1.54) is 16.5 Å². The van der Waals surface area contributed by atoms with Gasteiger partial charge in [-0.3, -0.25) is 0 Å². The van der Waals surface area contributed by atoms with E-state index in [0.29, 0.717) is 0 Å². The molecule has 0 saturated carbocycles. The first-order chi connectivity index (χ1) is 10.7. The van der Waals surface area contributed by atoms with Gasteiger partial charge in [0, 0.05) is 11.9 Å². The summed E-state index contributed by atoms with van der Waals surface area (Å²) >= 11 is 0. The Kier molecular flexibility index (Phi) is 4.16. The Hall–Kier alpha value is -2.26. The van der Waals surface area contributed by atoms with Gasteiger partial charge in [-0.2, -0.15) is 0 Å². The zero-order valence-electron chi connectivity index (χ0n) is 13.2. The molecule has 0 unspecified atom stereocenters. The molecule has 0 aliphatic carbocycles. The molecule has 3 aromatic rings. The first-order valence-corrected chi connectivity index (χ1v) is 7.53. The monoisotopic (exact) mass is 295 g/mol. The Morgan fingerprint density at radius 3 is 2.59 bits per heavy atom.